The quantitative estimate of drug-likeness (QED) is 0.565. The van der Waals surface area contributed by atoms with Crippen molar-refractivity contribution in [3.8, 4) is 0 Å². The topological polar surface area (TPSA) is 38.0 Å². The first-order valence-electron chi connectivity index (χ1n) is 3.94. The molecule has 1 rings (SSSR count). The summed E-state index contributed by atoms with van der Waals surface area (Å²) in [5.74, 6) is 0. The van der Waals surface area contributed by atoms with E-state index in [4.69, 9.17) is 5.73 Å². The van der Waals surface area contributed by atoms with Crippen molar-refractivity contribution in [2.24, 2.45) is 5.73 Å². The van der Waals surface area contributed by atoms with Gasteiger partial charge in [-0.25, -0.2) is 0 Å². The summed E-state index contributed by atoms with van der Waals surface area (Å²) in [6.07, 6.45) is 5.56. The van der Waals surface area contributed by atoms with Crippen LogP contribution < -0.4 is 11.1 Å². The van der Waals surface area contributed by atoms with Crippen LogP contribution in [0, 0.1) is 0 Å². The van der Waals surface area contributed by atoms with E-state index in [2.05, 4.69) is 11.9 Å². The minimum Gasteiger partial charge on any atom is -0.326 e. The van der Waals surface area contributed by atoms with E-state index in [-0.39, 0.29) is 0 Å². The predicted octanol–water partition coefficient (Wildman–Crippen LogP) is 0.642. The zero-order valence-corrected chi connectivity index (χ0v) is 6.34. The molecule has 0 amide bonds. The Labute approximate surface area is 62.5 Å². The Morgan fingerprint density at radius 3 is 2.90 bits per heavy atom. The van der Waals surface area contributed by atoms with Gasteiger partial charge in [-0.1, -0.05) is 12.5 Å². The molecular formula is C8H16N2. The molecular weight excluding hydrogens is 124 g/mol. The lowest BCUT2D eigenvalue weighted by Crippen LogP contribution is -2.40. The zero-order chi connectivity index (χ0) is 7.40. The molecule has 2 nitrogen and oxygen atoms in total. The summed E-state index contributed by atoms with van der Waals surface area (Å²) in [5.41, 5.74) is 5.82. The minimum absolute atomic E-state index is 0.375. The van der Waals surface area contributed by atoms with Gasteiger partial charge in [-0.05, 0) is 12.8 Å². The van der Waals surface area contributed by atoms with Crippen molar-refractivity contribution in [2.75, 3.05) is 6.54 Å². The van der Waals surface area contributed by atoms with Gasteiger partial charge in [-0.2, -0.15) is 0 Å². The smallest absolute Gasteiger partial charge is 0.0222 e. The van der Waals surface area contributed by atoms with Crippen molar-refractivity contribution < 1.29 is 0 Å². The fourth-order valence-corrected chi connectivity index (χ4v) is 1.48. The van der Waals surface area contributed by atoms with Crippen LogP contribution in [0.25, 0.3) is 0 Å². The number of hydrogen-bond donors (Lipinski definition) is 2. The largest absolute Gasteiger partial charge is 0.326 e. The molecule has 1 saturated carbocycles. The fourth-order valence-electron chi connectivity index (χ4n) is 1.48. The van der Waals surface area contributed by atoms with Crippen molar-refractivity contribution in [3.63, 3.8) is 0 Å². The predicted molar refractivity (Wildman–Crippen MR) is 43.8 cm³/mol. The minimum atomic E-state index is 0.375. The summed E-state index contributed by atoms with van der Waals surface area (Å²) in [7, 11) is 0. The summed E-state index contributed by atoms with van der Waals surface area (Å²) < 4.78 is 0. The molecule has 0 heterocycles. The highest BCUT2D eigenvalue weighted by Crippen LogP contribution is 2.16. The van der Waals surface area contributed by atoms with E-state index >= 15 is 0 Å². The third kappa shape index (κ3) is 1.82. The van der Waals surface area contributed by atoms with E-state index in [1.807, 2.05) is 6.08 Å². The summed E-state index contributed by atoms with van der Waals surface area (Å²) in [4.78, 5) is 0. The SMILES string of the molecule is C=CCNC1CCCC1N. The Morgan fingerprint density at radius 2 is 2.40 bits per heavy atom. The third-order valence-corrected chi connectivity index (χ3v) is 2.09. The van der Waals surface area contributed by atoms with Crippen molar-refractivity contribution in [2.45, 2.75) is 31.3 Å². The van der Waals surface area contributed by atoms with Crippen LogP contribution in [0.2, 0.25) is 0 Å². The van der Waals surface area contributed by atoms with Crippen LogP contribution in [0.4, 0.5) is 0 Å². The normalized spacial score (nSPS) is 32.5. The maximum Gasteiger partial charge on any atom is 0.0222 e. The van der Waals surface area contributed by atoms with Crippen LogP contribution in [-0.4, -0.2) is 18.6 Å². The Hall–Kier alpha value is -0.340. The van der Waals surface area contributed by atoms with E-state index in [0.717, 1.165) is 6.54 Å². The van der Waals surface area contributed by atoms with Gasteiger partial charge in [0.05, 0.1) is 0 Å². The van der Waals surface area contributed by atoms with E-state index in [1.165, 1.54) is 19.3 Å². The summed E-state index contributed by atoms with van der Waals surface area (Å²) in [6, 6.07) is 0.915. The van der Waals surface area contributed by atoms with Crippen molar-refractivity contribution in [1.82, 2.24) is 5.32 Å². The van der Waals surface area contributed by atoms with Gasteiger partial charge in [-0.3, -0.25) is 0 Å². The molecule has 0 spiro atoms. The molecule has 10 heavy (non-hydrogen) atoms. The Morgan fingerprint density at radius 1 is 1.60 bits per heavy atom. The van der Waals surface area contributed by atoms with E-state index < -0.39 is 0 Å². The van der Waals surface area contributed by atoms with Crippen LogP contribution in [0.5, 0.6) is 0 Å². The number of hydrogen-bond acceptors (Lipinski definition) is 2. The average Bonchev–Trinajstić information content (AvgIpc) is 2.31. The number of rotatable bonds is 3. The fraction of sp³-hybridized carbons (Fsp3) is 0.750. The second kappa shape index (κ2) is 3.74. The van der Waals surface area contributed by atoms with Crippen LogP contribution in [-0.2, 0) is 0 Å². The van der Waals surface area contributed by atoms with Gasteiger partial charge in [0, 0.05) is 18.6 Å². The highest BCUT2D eigenvalue weighted by molar-refractivity contribution is 4.87. The van der Waals surface area contributed by atoms with Crippen LogP contribution >= 0.6 is 0 Å². The van der Waals surface area contributed by atoms with Gasteiger partial charge in [-0.15, -0.1) is 6.58 Å². The molecule has 2 unspecified atom stereocenters. The van der Waals surface area contributed by atoms with E-state index in [9.17, 15) is 0 Å². The summed E-state index contributed by atoms with van der Waals surface area (Å²) in [6.45, 7) is 4.53. The van der Waals surface area contributed by atoms with Crippen molar-refractivity contribution >= 4 is 0 Å². The Bertz CT molecular complexity index is 112. The van der Waals surface area contributed by atoms with E-state index in [1.54, 1.807) is 0 Å². The maximum atomic E-state index is 5.82. The maximum absolute atomic E-state index is 5.82. The highest BCUT2D eigenvalue weighted by atomic mass is 15.0. The van der Waals surface area contributed by atoms with Crippen molar-refractivity contribution in [1.29, 1.82) is 0 Å². The molecule has 3 N–H and O–H groups in total. The van der Waals surface area contributed by atoms with Crippen LogP contribution in [0.15, 0.2) is 12.7 Å². The van der Waals surface area contributed by atoms with Gasteiger partial charge < -0.3 is 11.1 Å². The molecule has 1 fully saturated rings. The van der Waals surface area contributed by atoms with Crippen molar-refractivity contribution in [3.05, 3.63) is 12.7 Å². The molecule has 0 radical (unpaired) electrons. The van der Waals surface area contributed by atoms with Gasteiger partial charge in [0.2, 0.25) is 0 Å². The first kappa shape index (κ1) is 7.76. The lowest BCUT2D eigenvalue weighted by molar-refractivity contribution is 0.499. The molecule has 2 atom stereocenters. The van der Waals surface area contributed by atoms with Gasteiger partial charge in [0.15, 0.2) is 0 Å². The summed E-state index contributed by atoms with van der Waals surface area (Å²) >= 11 is 0. The lowest BCUT2D eigenvalue weighted by atomic mass is 10.2. The second-order valence-corrected chi connectivity index (χ2v) is 2.90. The molecule has 0 aromatic heterocycles. The monoisotopic (exact) mass is 140 g/mol. The first-order valence-corrected chi connectivity index (χ1v) is 3.94. The van der Waals surface area contributed by atoms with Crippen LogP contribution in [0.1, 0.15) is 19.3 Å². The number of nitrogens with one attached hydrogen (secondary N) is 1. The van der Waals surface area contributed by atoms with Gasteiger partial charge >= 0.3 is 0 Å². The Kier molecular flexibility index (Phi) is 2.90. The standard InChI is InChI=1S/C8H16N2/c1-2-6-10-8-5-3-4-7(8)9/h2,7-8,10H,1,3-6,9H2. The molecule has 1 aliphatic rings. The van der Waals surface area contributed by atoms with Gasteiger partial charge in [0.25, 0.3) is 0 Å². The molecule has 1 aliphatic carbocycles. The first-order chi connectivity index (χ1) is 4.84. The van der Waals surface area contributed by atoms with E-state index in [0.29, 0.717) is 12.1 Å². The molecule has 0 aromatic carbocycles. The molecule has 0 aliphatic heterocycles. The number of nitrogens with two attached hydrogens (primary N) is 1. The summed E-state index contributed by atoms with van der Waals surface area (Å²) in [5, 5.41) is 3.34. The Balaban J connectivity index is 2.19. The molecule has 2 heteroatoms. The van der Waals surface area contributed by atoms with Gasteiger partial charge in [0.1, 0.15) is 0 Å². The average molecular weight is 140 g/mol. The lowest BCUT2D eigenvalue weighted by Gasteiger charge is -2.15. The zero-order valence-electron chi connectivity index (χ0n) is 6.34. The van der Waals surface area contributed by atoms with Crippen LogP contribution in [0.3, 0.4) is 0 Å². The molecule has 58 valence electrons. The highest BCUT2D eigenvalue weighted by Gasteiger charge is 2.22. The molecule has 0 saturated heterocycles. The second-order valence-electron chi connectivity index (χ2n) is 2.90. The molecule has 0 bridgehead atoms. The molecule has 0 aromatic rings. The third-order valence-electron chi connectivity index (χ3n) is 2.09.